The highest BCUT2D eigenvalue weighted by atomic mass is 16.5. The monoisotopic (exact) mass is 402 g/mol. The quantitative estimate of drug-likeness (QED) is 0.100. The second-order valence-corrected chi connectivity index (χ2v) is 6.85. The Morgan fingerprint density at radius 2 is 1.86 bits per heavy atom. The Balaban J connectivity index is 0. The standard InChI is InChI=1S/C23H36O4.C2H2/c1-5-7-14-22(25)17-16-21(18-24)20(12-6-2)13-10-8-9-11-15-23(26)27-19(3)4;1-2/h5-6,8,10,12,16,18-20,22,25H,1,7,9,11,13-15,17H2,2-4H3;1-2H/b10-8-,12-6-,21-16-;. The molecule has 2 atom stereocenters. The number of aldehydes is 1. The SMILES string of the molecule is C#C.C=CCCC(O)C/C=C(/C=O)C(/C=C\C)C/C=C\CCCC(=O)OC(C)C. The van der Waals surface area contributed by atoms with Crippen LogP contribution < -0.4 is 0 Å². The van der Waals surface area contributed by atoms with Crippen molar-refractivity contribution in [1.82, 2.24) is 0 Å². The number of unbranched alkanes of at least 4 members (excludes halogenated alkanes) is 1. The predicted molar refractivity (Wildman–Crippen MR) is 121 cm³/mol. The number of terminal acetylenes is 1. The molecule has 0 saturated heterocycles. The summed E-state index contributed by atoms with van der Waals surface area (Å²) in [7, 11) is 0. The Hall–Kier alpha value is -2.38. The molecule has 0 spiro atoms. The van der Waals surface area contributed by atoms with Gasteiger partial charge in [0.25, 0.3) is 0 Å². The van der Waals surface area contributed by atoms with E-state index in [0.717, 1.165) is 25.5 Å². The highest BCUT2D eigenvalue weighted by Crippen LogP contribution is 2.18. The predicted octanol–water partition coefficient (Wildman–Crippen LogP) is 5.34. The molecule has 1 N–H and O–H groups in total. The summed E-state index contributed by atoms with van der Waals surface area (Å²) in [5, 5.41) is 9.93. The molecule has 0 bridgehead atoms. The maximum absolute atomic E-state index is 11.5. The van der Waals surface area contributed by atoms with Crippen molar-refractivity contribution < 1.29 is 19.4 Å². The van der Waals surface area contributed by atoms with Gasteiger partial charge in [0.2, 0.25) is 0 Å². The summed E-state index contributed by atoms with van der Waals surface area (Å²) < 4.78 is 5.10. The van der Waals surface area contributed by atoms with Crippen LogP contribution in [-0.2, 0) is 14.3 Å². The van der Waals surface area contributed by atoms with E-state index < -0.39 is 6.10 Å². The molecule has 0 aromatic carbocycles. The molecular weight excluding hydrogens is 364 g/mol. The lowest BCUT2D eigenvalue weighted by Crippen LogP contribution is -2.10. The van der Waals surface area contributed by atoms with E-state index in [1.165, 1.54) is 0 Å². The lowest BCUT2D eigenvalue weighted by molar-refractivity contribution is -0.147. The van der Waals surface area contributed by atoms with Crippen LogP contribution >= 0.6 is 0 Å². The van der Waals surface area contributed by atoms with Gasteiger partial charge in [0.15, 0.2) is 0 Å². The Labute approximate surface area is 177 Å². The lowest BCUT2D eigenvalue weighted by Gasteiger charge is -2.12. The molecule has 0 aliphatic heterocycles. The molecule has 0 rings (SSSR count). The zero-order valence-corrected chi connectivity index (χ0v) is 18.3. The molecular formula is C25H38O4. The summed E-state index contributed by atoms with van der Waals surface area (Å²) in [6.07, 6.45) is 24.6. The summed E-state index contributed by atoms with van der Waals surface area (Å²) in [6.45, 7) is 9.26. The molecule has 0 fully saturated rings. The van der Waals surface area contributed by atoms with Gasteiger partial charge in [-0.25, -0.2) is 0 Å². The van der Waals surface area contributed by atoms with Crippen molar-refractivity contribution in [2.24, 2.45) is 5.92 Å². The molecule has 4 nitrogen and oxygen atoms in total. The number of aliphatic hydroxyl groups excluding tert-OH is 1. The van der Waals surface area contributed by atoms with Gasteiger partial charge < -0.3 is 9.84 Å². The number of carbonyl (C=O) groups excluding carboxylic acids is 2. The van der Waals surface area contributed by atoms with E-state index in [4.69, 9.17) is 4.74 Å². The van der Waals surface area contributed by atoms with Gasteiger partial charge >= 0.3 is 5.97 Å². The van der Waals surface area contributed by atoms with E-state index in [2.05, 4.69) is 19.4 Å². The van der Waals surface area contributed by atoms with Crippen LogP contribution in [0.3, 0.4) is 0 Å². The van der Waals surface area contributed by atoms with Crippen molar-refractivity contribution in [1.29, 1.82) is 0 Å². The molecule has 29 heavy (non-hydrogen) atoms. The third-order valence-electron chi connectivity index (χ3n) is 3.99. The molecule has 0 heterocycles. The summed E-state index contributed by atoms with van der Waals surface area (Å²) in [4.78, 5) is 22.9. The Morgan fingerprint density at radius 3 is 2.41 bits per heavy atom. The van der Waals surface area contributed by atoms with Gasteiger partial charge in [0, 0.05) is 12.3 Å². The van der Waals surface area contributed by atoms with Crippen LogP contribution in [0.25, 0.3) is 0 Å². The molecule has 0 saturated carbocycles. The first kappa shape index (κ1) is 28.8. The fourth-order valence-corrected chi connectivity index (χ4v) is 2.59. The average Bonchev–Trinajstić information content (AvgIpc) is 2.70. The lowest BCUT2D eigenvalue weighted by atomic mass is 9.93. The number of rotatable bonds is 15. The van der Waals surface area contributed by atoms with Gasteiger partial charge in [0.1, 0.15) is 6.29 Å². The molecule has 0 aliphatic rings. The van der Waals surface area contributed by atoms with Gasteiger partial charge in [-0.15, -0.1) is 19.4 Å². The molecule has 4 heteroatoms. The fourth-order valence-electron chi connectivity index (χ4n) is 2.59. The highest BCUT2D eigenvalue weighted by Gasteiger charge is 2.10. The van der Waals surface area contributed by atoms with Crippen molar-refractivity contribution in [2.75, 3.05) is 0 Å². The maximum Gasteiger partial charge on any atom is 0.306 e. The van der Waals surface area contributed by atoms with Crippen LogP contribution in [-0.4, -0.2) is 29.6 Å². The first-order valence-corrected chi connectivity index (χ1v) is 10.2. The molecule has 0 aliphatic carbocycles. The van der Waals surface area contributed by atoms with Crippen LogP contribution in [0, 0.1) is 18.8 Å². The van der Waals surface area contributed by atoms with Gasteiger partial charge in [-0.2, -0.15) is 0 Å². The summed E-state index contributed by atoms with van der Waals surface area (Å²) in [6, 6.07) is 0. The third kappa shape index (κ3) is 17.5. The second kappa shape index (κ2) is 20.4. The van der Waals surface area contributed by atoms with Crippen molar-refractivity contribution in [3.8, 4) is 12.8 Å². The Kier molecular flexibility index (Phi) is 20.2. The van der Waals surface area contributed by atoms with E-state index in [1.807, 2.05) is 51.2 Å². The highest BCUT2D eigenvalue weighted by molar-refractivity contribution is 5.74. The normalized spacial score (nSPS) is 13.7. The number of allylic oxidation sites excluding steroid dienone is 6. The minimum absolute atomic E-state index is 0.00117. The van der Waals surface area contributed by atoms with Crippen molar-refractivity contribution in [3.05, 3.63) is 48.6 Å². The summed E-state index contributed by atoms with van der Waals surface area (Å²) in [5.41, 5.74) is 0.691. The largest absolute Gasteiger partial charge is 0.463 e. The molecule has 2 unspecified atom stereocenters. The fraction of sp³-hybridized carbons (Fsp3) is 0.520. The van der Waals surface area contributed by atoms with Crippen LogP contribution in [0.2, 0.25) is 0 Å². The van der Waals surface area contributed by atoms with E-state index in [9.17, 15) is 14.7 Å². The molecule has 0 radical (unpaired) electrons. The Bertz CT molecular complexity index is 552. The number of esters is 1. The van der Waals surface area contributed by atoms with Crippen LogP contribution in [0.4, 0.5) is 0 Å². The van der Waals surface area contributed by atoms with Crippen LogP contribution in [0.5, 0.6) is 0 Å². The maximum atomic E-state index is 11.5. The average molecular weight is 403 g/mol. The number of aliphatic hydroxyl groups is 1. The van der Waals surface area contributed by atoms with E-state index in [-0.39, 0.29) is 18.0 Å². The number of hydrogen-bond donors (Lipinski definition) is 1. The van der Waals surface area contributed by atoms with E-state index in [1.54, 1.807) is 6.08 Å². The van der Waals surface area contributed by atoms with E-state index >= 15 is 0 Å². The van der Waals surface area contributed by atoms with Crippen LogP contribution in [0.1, 0.15) is 65.7 Å². The van der Waals surface area contributed by atoms with Gasteiger partial charge in [-0.1, -0.05) is 36.5 Å². The summed E-state index contributed by atoms with van der Waals surface area (Å²) >= 11 is 0. The van der Waals surface area contributed by atoms with Gasteiger partial charge in [-0.3, -0.25) is 9.59 Å². The van der Waals surface area contributed by atoms with Crippen molar-refractivity contribution in [3.63, 3.8) is 0 Å². The minimum atomic E-state index is -0.453. The number of carbonyl (C=O) groups is 2. The zero-order chi connectivity index (χ0) is 22.5. The zero-order valence-electron chi connectivity index (χ0n) is 18.3. The molecule has 0 aromatic rings. The van der Waals surface area contributed by atoms with Crippen molar-refractivity contribution in [2.45, 2.75) is 77.9 Å². The first-order valence-electron chi connectivity index (χ1n) is 10.2. The molecule has 0 aromatic heterocycles. The minimum Gasteiger partial charge on any atom is -0.463 e. The van der Waals surface area contributed by atoms with Crippen molar-refractivity contribution >= 4 is 12.3 Å². The topological polar surface area (TPSA) is 63.6 Å². The Morgan fingerprint density at radius 1 is 1.17 bits per heavy atom. The third-order valence-corrected chi connectivity index (χ3v) is 3.99. The smallest absolute Gasteiger partial charge is 0.306 e. The van der Waals surface area contributed by atoms with E-state index in [0.29, 0.717) is 31.3 Å². The number of hydrogen-bond acceptors (Lipinski definition) is 4. The van der Waals surface area contributed by atoms with Crippen LogP contribution in [0.15, 0.2) is 48.6 Å². The molecule has 162 valence electrons. The van der Waals surface area contributed by atoms with Gasteiger partial charge in [0.05, 0.1) is 12.2 Å². The molecule has 0 amide bonds. The van der Waals surface area contributed by atoms with Gasteiger partial charge in [-0.05, 0) is 64.9 Å². The first-order chi connectivity index (χ1) is 13.9. The number of ether oxygens (including phenoxy) is 1. The summed E-state index contributed by atoms with van der Waals surface area (Å²) in [5.74, 6) is -0.160. The second-order valence-electron chi connectivity index (χ2n) is 6.85.